The normalized spacial score (nSPS) is 18.3. The Morgan fingerprint density at radius 3 is 2.37 bits per heavy atom. The van der Waals surface area contributed by atoms with E-state index in [9.17, 15) is 0 Å². The molecule has 1 fully saturated rings. The summed E-state index contributed by atoms with van der Waals surface area (Å²) in [6.45, 7) is 8.34. The topological polar surface area (TPSA) is 12.5 Å². The molecule has 0 aromatic heterocycles. The predicted molar refractivity (Wildman–Crippen MR) is 85.3 cm³/mol. The first-order valence-electron chi connectivity index (χ1n) is 7.14. The van der Waals surface area contributed by atoms with Crippen molar-refractivity contribution in [1.29, 1.82) is 0 Å². The first kappa shape index (κ1) is 14.9. The molecular formula is C16H24BrNO. The molecule has 0 bridgehead atoms. The number of ether oxygens (including phenoxy) is 1. The number of rotatable bonds is 5. The van der Waals surface area contributed by atoms with Gasteiger partial charge in [0, 0.05) is 42.7 Å². The van der Waals surface area contributed by atoms with E-state index in [1.165, 1.54) is 11.3 Å². The van der Waals surface area contributed by atoms with E-state index < -0.39 is 0 Å². The van der Waals surface area contributed by atoms with Crippen LogP contribution in [0.2, 0.25) is 0 Å². The molecule has 1 aliphatic heterocycles. The number of alkyl halides is 1. The molecule has 1 aromatic carbocycles. The number of benzene rings is 1. The molecule has 106 valence electrons. The fraction of sp³-hybridized carbons (Fsp3) is 0.625. The van der Waals surface area contributed by atoms with Crippen LogP contribution < -0.4 is 4.90 Å². The van der Waals surface area contributed by atoms with Crippen molar-refractivity contribution in [2.45, 2.75) is 26.7 Å². The maximum Gasteiger partial charge on any atom is 0.0472 e. The summed E-state index contributed by atoms with van der Waals surface area (Å²) < 4.78 is 5.52. The summed E-state index contributed by atoms with van der Waals surface area (Å²) in [5, 5.41) is 1.06. The summed E-state index contributed by atoms with van der Waals surface area (Å²) in [6.07, 6.45) is 2.31. The van der Waals surface area contributed by atoms with Crippen molar-refractivity contribution >= 4 is 21.6 Å². The van der Waals surface area contributed by atoms with Gasteiger partial charge in [-0.05, 0) is 38.8 Å². The summed E-state index contributed by atoms with van der Waals surface area (Å²) >= 11 is 3.73. The summed E-state index contributed by atoms with van der Waals surface area (Å²) in [5.74, 6) is 0. The van der Waals surface area contributed by atoms with Gasteiger partial charge < -0.3 is 9.64 Å². The maximum atomic E-state index is 5.52. The Kier molecular flexibility index (Phi) is 5.28. The molecule has 1 aliphatic rings. The first-order chi connectivity index (χ1) is 9.19. The molecule has 0 atom stereocenters. The second kappa shape index (κ2) is 6.76. The molecule has 19 heavy (non-hydrogen) atoms. The molecule has 0 N–H and O–H groups in total. The highest BCUT2D eigenvalue weighted by atomic mass is 79.9. The lowest BCUT2D eigenvalue weighted by molar-refractivity contribution is 0.0301. The molecule has 0 saturated carbocycles. The molecule has 2 rings (SSSR count). The maximum absolute atomic E-state index is 5.52. The minimum Gasteiger partial charge on any atom is -0.381 e. The van der Waals surface area contributed by atoms with E-state index in [2.05, 4.69) is 58.9 Å². The van der Waals surface area contributed by atoms with Crippen molar-refractivity contribution in [3.05, 3.63) is 29.8 Å². The van der Waals surface area contributed by atoms with E-state index in [0.29, 0.717) is 5.41 Å². The third kappa shape index (κ3) is 3.73. The Morgan fingerprint density at radius 1 is 1.21 bits per heavy atom. The zero-order valence-electron chi connectivity index (χ0n) is 12.0. The van der Waals surface area contributed by atoms with Gasteiger partial charge in [-0.1, -0.05) is 33.6 Å². The molecule has 1 aromatic rings. The number of nitrogens with zero attached hydrogens (tertiary/aromatic N) is 1. The SMILES string of the molecule is CCN(CC1(CBr)CCOCC1)c1ccc(C)cc1. The van der Waals surface area contributed by atoms with Gasteiger partial charge in [0.15, 0.2) is 0 Å². The minimum absolute atomic E-state index is 0.360. The van der Waals surface area contributed by atoms with Gasteiger partial charge in [0.05, 0.1) is 0 Å². The van der Waals surface area contributed by atoms with Crippen molar-refractivity contribution in [1.82, 2.24) is 0 Å². The minimum atomic E-state index is 0.360. The van der Waals surface area contributed by atoms with Crippen LogP contribution in [0.4, 0.5) is 5.69 Å². The smallest absolute Gasteiger partial charge is 0.0472 e. The lowest BCUT2D eigenvalue weighted by Gasteiger charge is -2.40. The molecule has 3 heteroatoms. The van der Waals surface area contributed by atoms with Crippen LogP contribution >= 0.6 is 15.9 Å². The molecule has 0 unspecified atom stereocenters. The van der Waals surface area contributed by atoms with Crippen LogP contribution in [0, 0.1) is 12.3 Å². The standard InChI is InChI=1S/C16H24BrNO/c1-3-18(15-6-4-14(2)5-7-15)13-16(12-17)8-10-19-11-9-16/h4-7H,3,8-13H2,1-2H3. The third-order valence-electron chi connectivity index (χ3n) is 4.14. The average molecular weight is 326 g/mol. The van der Waals surface area contributed by atoms with Crippen LogP contribution in [0.5, 0.6) is 0 Å². The van der Waals surface area contributed by atoms with E-state index in [4.69, 9.17) is 4.74 Å². The Labute approximate surface area is 125 Å². The molecule has 0 aliphatic carbocycles. The van der Waals surface area contributed by atoms with Crippen molar-refractivity contribution in [3.8, 4) is 0 Å². The van der Waals surface area contributed by atoms with Crippen molar-refractivity contribution in [3.63, 3.8) is 0 Å². The summed E-state index contributed by atoms with van der Waals surface area (Å²) in [6, 6.07) is 8.87. The molecule has 1 heterocycles. The molecule has 2 nitrogen and oxygen atoms in total. The van der Waals surface area contributed by atoms with E-state index in [-0.39, 0.29) is 0 Å². The Balaban J connectivity index is 2.11. The monoisotopic (exact) mass is 325 g/mol. The van der Waals surface area contributed by atoms with E-state index in [1.807, 2.05) is 0 Å². The van der Waals surface area contributed by atoms with Crippen molar-refractivity contribution in [2.24, 2.45) is 5.41 Å². The van der Waals surface area contributed by atoms with Crippen LogP contribution in [0.3, 0.4) is 0 Å². The van der Waals surface area contributed by atoms with Gasteiger partial charge >= 0.3 is 0 Å². The predicted octanol–water partition coefficient (Wildman–Crippen LogP) is 4.01. The highest BCUT2D eigenvalue weighted by molar-refractivity contribution is 9.09. The lowest BCUT2D eigenvalue weighted by Crippen LogP contribution is -2.42. The van der Waals surface area contributed by atoms with Gasteiger partial charge in [-0.15, -0.1) is 0 Å². The zero-order chi connectivity index (χ0) is 13.7. The average Bonchev–Trinajstić information content (AvgIpc) is 2.47. The number of anilines is 1. The first-order valence-corrected chi connectivity index (χ1v) is 8.26. The lowest BCUT2D eigenvalue weighted by atomic mass is 9.81. The summed E-state index contributed by atoms with van der Waals surface area (Å²) in [5.41, 5.74) is 3.01. The van der Waals surface area contributed by atoms with Crippen LogP contribution in [-0.4, -0.2) is 31.6 Å². The Hall–Kier alpha value is -0.540. The largest absolute Gasteiger partial charge is 0.381 e. The molecule has 0 amide bonds. The van der Waals surface area contributed by atoms with Crippen LogP contribution in [0.1, 0.15) is 25.3 Å². The quantitative estimate of drug-likeness (QED) is 0.758. The number of hydrogen-bond donors (Lipinski definition) is 0. The van der Waals surface area contributed by atoms with Crippen molar-refractivity contribution in [2.75, 3.05) is 36.5 Å². The van der Waals surface area contributed by atoms with Crippen molar-refractivity contribution < 1.29 is 4.74 Å². The number of halogens is 1. The van der Waals surface area contributed by atoms with E-state index in [1.54, 1.807) is 0 Å². The van der Waals surface area contributed by atoms with Crippen LogP contribution in [-0.2, 0) is 4.74 Å². The number of hydrogen-bond acceptors (Lipinski definition) is 2. The fourth-order valence-corrected chi connectivity index (χ4v) is 3.42. The highest BCUT2D eigenvalue weighted by Gasteiger charge is 2.33. The van der Waals surface area contributed by atoms with Gasteiger partial charge in [0.2, 0.25) is 0 Å². The van der Waals surface area contributed by atoms with E-state index >= 15 is 0 Å². The van der Waals surface area contributed by atoms with Gasteiger partial charge in [0.25, 0.3) is 0 Å². The van der Waals surface area contributed by atoms with Gasteiger partial charge in [-0.2, -0.15) is 0 Å². The van der Waals surface area contributed by atoms with Gasteiger partial charge in [-0.25, -0.2) is 0 Å². The molecule has 0 radical (unpaired) electrons. The third-order valence-corrected chi connectivity index (χ3v) is 5.33. The fourth-order valence-electron chi connectivity index (χ4n) is 2.68. The molecule has 0 spiro atoms. The van der Waals surface area contributed by atoms with Crippen LogP contribution in [0.15, 0.2) is 24.3 Å². The number of aryl methyl sites for hydroxylation is 1. The Bertz CT molecular complexity index is 384. The highest BCUT2D eigenvalue weighted by Crippen LogP contribution is 2.34. The molecular weight excluding hydrogens is 302 g/mol. The second-order valence-corrected chi connectivity index (χ2v) is 6.16. The summed E-state index contributed by atoms with van der Waals surface area (Å²) in [4.78, 5) is 2.49. The van der Waals surface area contributed by atoms with Crippen LogP contribution in [0.25, 0.3) is 0 Å². The van der Waals surface area contributed by atoms with Gasteiger partial charge in [0.1, 0.15) is 0 Å². The molecule has 1 saturated heterocycles. The Morgan fingerprint density at radius 2 is 1.84 bits per heavy atom. The van der Waals surface area contributed by atoms with E-state index in [0.717, 1.165) is 44.5 Å². The zero-order valence-corrected chi connectivity index (χ0v) is 13.6. The second-order valence-electron chi connectivity index (χ2n) is 5.60. The van der Waals surface area contributed by atoms with Gasteiger partial charge in [-0.3, -0.25) is 0 Å². The summed E-state index contributed by atoms with van der Waals surface area (Å²) in [7, 11) is 0.